The van der Waals surface area contributed by atoms with Crippen LogP contribution in [0.5, 0.6) is 0 Å². The van der Waals surface area contributed by atoms with Crippen LogP contribution in [0.3, 0.4) is 0 Å². The lowest BCUT2D eigenvalue weighted by Gasteiger charge is -1.99. The summed E-state index contributed by atoms with van der Waals surface area (Å²) in [4.78, 5) is 0. The molecule has 0 fully saturated rings. The van der Waals surface area contributed by atoms with Gasteiger partial charge in [0.25, 0.3) is 0 Å². The van der Waals surface area contributed by atoms with Gasteiger partial charge in [-0.3, -0.25) is 4.68 Å². The topological polar surface area (TPSA) is 43.8 Å². The van der Waals surface area contributed by atoms with Crippen LogP contribution < -0.4 is 5.73 Å². The summed E-state index contributed by atoms with van der Waals surface area (Å²) < 4.78 is 2.89. The molecule has 80 valence electrons. The zero-order chi connectivity index (χ0) is 10.8. The predicted octanol–water partition coefficient (Wildman–Crippen LogP) is 2.23. The van der Waals surface area contributed by atoms with Crippen LogP contribution >= 0.6 is 15.9 Å². The second kappa shape index (κ2) is 4.33. The Morgan fingerprint density at radius 2 is 2.27 bits per heavy atom. The van der Waals surface area contributed by atoms with Gasteiger partial charge in [0.1, 0.15) is 4.60 Å². The Kier molecular flexibility index (Phi) is 3.07. The van der Waals surface area contributed by atoms with Crippen LogP contribution in [0.1, 0.15) is 12.0 Å². The molecule has 2 rings (SSSR count). The Morgan fingerprint density at radius 1 is 1.47 bits per heavy atom. The quantitative estimate of drug-likeness (QED) is 0.927. The summed E-state index contributed by atoms with van der Waals surface area (Å²) in [6.45, 7) is 0.727. The molecule has 1 aromatic heterocycles. The van der Waals surface area contributed by atoms with E-state index in [1.54, 1.807) is 0 Å². The highest BCUT2D eigenvalue weighted by molar-refractivity contribution is 9.10. The summed E-state index contributed by atoms with van der Waals surface area (Å²) in [6.07, 6.45) is 2.00. The number of nitrogens with two attached hydrogens (primary N) is 1. The van der Waals surface area contributed by atoms with E-state index in [1.807, 2.05) is 11.7 Å². The number of rotatable bonds is 3. The highest BCUT2D eigenvalue weighted by Gasteiger charge is 2.08. The standard InChI is InChI=1S/C11H14BrN3/c1-15-11(12)9-6-2-4-8(5-3-7-13)10(9)14-15/h2,4,6H,3,5,7,13H2,1H3. The van der Waals surface area contributed by atoms with E-state index in [4.69, 9.17) is 5.73 Å². The molecule has 2 aromatic rings. The van der Waals surface area contributed by atoms with E-state index in [-0.39, 0.29) is 0 Å². The largest absolute Gasteiger partial charge is 0.330 e. The van der Waals surface area contributed by atoms with Gasteiger partial charge in [0.2, 0.25) is 0 Å². The highest BCUT2D eigenvalue weighted by atomic mass is 79.9. The van der Waals surface area contributed by atoms with E-state index in [9.17, 15) is 0 Å². The molecular weight excluding hydrogens is 254 g/mol. The first kappa shape index (κ1) is 10.6. The molecule has 0 saturated heterocycles. The van der Waals surface area contributed by atoms with Gasteiger partial charge in [-0.2, -0.15) is 5.10 Å². The minimum atomic E-state index is 0.727. The zero-order valence-electron chi connectivity index (χ0n) is 8.70. The molecule has 0 bridgehead atoms. The molecule has 0 aliphatic rings. The molecule has 0 unspecified atom stereocenters. The maximum Gasteiger partial charge on any atom is 0.111 e. The van der Waals surface area contributed by atoms with Crippen LogP contribution in [0.4, 0.5) is 0 Å². The van der Waals surface area contributed by atoms with Crippen LogP contribution in [0.25, 0.3) is 10.9 Å². The average Bonchev–Trinajstić information content (AvgIpc) is 2.53. The van der Waals surface area contributed by atoms with Crippen molar-refractivity contribution >= 4 is 26.8 Å². The zero-order valence-corrected chi connectivity index (χ0v) is 10.3. The lowest BCUT2D eigenvalue weighted by molar-refractivity contribution is 0.757. The third kappa shape index (κ3) is 1.92. The van der Waals surface area contributed by atoms with Crippen molar-refractivity contribution in [3.8, 4) is 0 Å². The molecular formula is C11H14BrN3. The maximum atomic E-state index is 5.52. The van der Waals surface area contributed by atoms with E-state index in [1.165, 1.54) is 10.9 Å². The van der Waals surface area contributed by atoms with Gasteiger partial charge in [-0.05, 0) is 40.9 Å². The molecule has 0 atom stereocenters. The fraction of sp³-hybridized carbons (Fsp3) is 0.364. The van der Waals surface area contributed by atoms with Gasteiger partial charge >= 0.3 is 0 Å². The van der Waals surface area contributed by atoms with Gasteiger partial charge < -0.3 is 5.73 Å². The Labute approximate surface area is 97.4 Å². The van der Waals surface area contributed by atoms with Crippen LogP contribution in [-0.2, 0) is 13.5 Å². The van der Waals surface area contributed by atoms with E-state index in [2.05, 4.69) is 39.2 Å². The number of fused-ring (bicyclic) bond motifs is 1. The molecule has 0 saturated carbocycles. The number of aromatic nitrogens is 2. The number of hydrogen-bond donors (Lipinski definition) is 1. The molecule has 0 spiro atoms. The first-order valence-electron chi connectivity index (χ1n) is 5.04. The molecule has 0 aliphatic heterocycles. The third-order valence-corrected chi connectivity index (χ3v) is 3.47. The smallest absolute Gasteiger partial charge is 0.111 e. The Bertz CT molecular complexity index is 476. The summed E-state index contributed by atoms with van der Waals surface area (Å²) in [5, 5.41) is 5.67. The summed E-state index contributed by atoms with van der Waals surface area (Å²) in [5.41, 5.74) is 7.88. The SMILES string of the molecule is Cn1nc2c(CCCN)cccc2c1Br. The van der Waals surface area contributed by atoms with E-state index >= 15 is 0 Å². The van der Waals surface area contributed by atoms with Crippen LogP contribution in [0.15, 0.2) is 22.8 Å². The van der Waals surface area contributed by atoms with Gasteiger partial charge in [-0.15, -0.1) is 0 Å². The monoisotopic (exact) mass is 267 g/mol. The summed E-state index contributed by atoms with van der Waals surface area (Å²) in [5.74, 6) is 0. The number of aryl methyl sites for hydroxylation is 2. The summed E-state index contributed by atoms with van der Waals surface area (Å²) in [7, 11) is 1.94. The average molecular weight is 268 g/mol. The van der Waals surface area contributed by atoms with Crippen LogP contribution in [0.2, 0.25) is 0 Å². The molecule has 0 amide bonds. The van der Waals surface area contributed by atoms with Crippen molar-refractivity contribution in [2.24, 2.45) is 12.8 Å². The van der Waals surface area contributed by atoms with Gasteiger partial charge in [-0.25, -0.2) is 0 Å². The molecule has 0 radical (unpaired) electrons. The molecule has 0 aliphatic carbocycles. The first-order chi connectivity index (χ1) is 7.24. The van der Waals surface area contributed by atoms with Crippen molar-refractivity contribution in [2.45, 2.75) is 12.8 Å². The molecule has 15 heavy (non-hydrogen) atoms. The van der Waals surface area contributed by atoms with Crippen molar-refractivity contribution in [1.29, 1.82) is 0 Å². The summed E-state index contributed by atoms with van der Waals surface area (Å²) in [6, 6.07) is 6.27. The fourth-order valence-corrected chi connectivity index (χ4v) is 2.14. The van der Waals surface area contributed by atoms with Crippen molar-refractivity contribution in [1.82, 2.24) is 9.78 Å². The minimum absolute atomic E-state index is 0.727. The Morgan fingerprint density at radius 3 is 3.00 bits per heavy atom. The molecule has 4 heteroatoms. The lowest BCUT2D eigenvalue weighted by Crippen LogP contribution is -2.00. The molecule has 2 N–H and O–H groups in total. The minimum Gasteiger partial charge on any atom is -0.330 e. The highest BCUT2D eigenvalue weighted by Crippen LogP contribution is 2.25. The number of halogens is 1. The van der Waals surface area contributed by atoms with E-state index in [0.29, 0.717) is 0 Å². The number of nitrogens with zero attached hydrogens (tertiary/aromatic N) is 2. The van der Waals surface area contributed by atoms with Gasteiger partial charge in [0.15, 0.2) is 0 Å². The molecule has 1 aromatic carbocycles. The Hall–Kier alpha value is -0.870. The predicted molar refractivity (Wildman–Crippen MR) is 65.8 cm³/mol. The third-order valence-electron chi connectivity index (χ3n) is 2.53. The van der Waals surface area contributed by atoms with Crippen molar-refractivity contribution < 1.29 is 0 Å². The maximum absolute atomic E-state index is 5.52. The van der Waals surface area contributed by atoms with Crippen molar-refractivity contribution in [2.75, 3.05) is 6.54 Å². The normalized spacial score (nSPS) is 11.1. The lowest BCUT2D eigenvalue weighted by atomic mass is 10.1. The fourth-order valence-electron chi connectivity index (χ4n) is 1.74. The first-order valence-corrected chi connectivity index (χ1v) is 5.83. The van der Waals surface area contributed by atoms with Crippen molar-refractivity contribution in [3.05, 3.63) is 28.4 Å². The molecule has 3 nitrogen and oxygen atoms in total. The second-order valence-corrected chi connectivity index (χ2v) is 4.37. The number of hydrogen-bond acceptors (Lipinski definition) is 2. The second-order valence-electron chi connectivity index (χ2n) is 3.62. The van der Waals surface area contributed by atoms with Crippen LogP contribution in [0, 0.1) is 0 Å². The van der Waals surface area contributed by atoms with Crippen LogP contribution in [-0.4, -0.2) is 16.3 Å². The molecule has 1 heterocycles. The van der Waals surface area contributed by atoms with Gasteiger partial charge in [-0.1, -0.05) is 18.2 Å². The van der Waals surface area contributed by atoms with E-state index in [0.717, 1.165) is 29.5 Å². The van der Waals surface area contributed by atoms with Gasteiger partial charge in [0.05, 0.1) is 5.52 Å². The van der Waals surface area contributed by atoms with Crippen molar-refractivity contribution in [3.63, 3.8) is 0 Å². The van der Waals surface area contributed by atoms with E-state index < -0.39 is 0 Å². The summed E-state index contributed by atoms with van der Waals surface area (Å²) >= 11 is 3.53. The van der Waals surface area contributed by atoms with Gasteiger partial charge in [0, 0.05) is 12.4 Å². The number of benzene rings is 1. The Balaban J connectivity index is 2.51.